The predicted molar refractivity (Wildman–Crippen MR) is 48.4 cm³/mol. The van der Waals surface area contributed by atoms with E-state index in [2.05, 4.69) is 22.2 Å². The van der Waals surface area contributed by atoms with Crippen LogP contribution >= 0.6 is 0 Å². The van der Waals surface area contributed by atoms with Crippen LogP contribution in [0.3, 0.4) is 0 Å². The van der Waals surface area contributed by atoms with Gasteiger partial charge in [-0.15, -0.1) is 0 Å². The zero-order valence-electron chi connectivity index (χ0n) is 7.42. The maximum atomic E-state index is 11.0. The Kier molecular flexibility index (Phi) is 5.99. The molecule has 0 unspecified atom stereocenters. The minimum atomic E-state index is 0.0105. The summed E-state index contributed by atoms with van der Waals surface area (Å²) in [5.41, 5.74) is 0. The number of nitrogens with one attached hydrogen (secondary N) is 1. The zero-order chi connectivity index (χ0) is 9.40. The van der Waals surface area contributed by atoms with Gasteiger partial charge in [0.25, 0.3) is 0 Å². The number of hydrogen-bond donors (Lipinski definition) is 1. The van der Waals surface area contributed by atoms with Crippen molar-refractivity contribution in [3.8, 4) is 12.0 Å². The molecule has 0 fully saturated rings. The van der Waals surface area contributed by atoms with Crippen molar-refractivity contribution in [2.75, 3.05) is 6.54 Å². The van der Waals surface area contributed by atoms with Crippen molar-refractivity contribution in [3.63, 3.8) is 0 Å². The average molecular weight is 163 g/mol. The van der Waals surface area contributed by atoms with Gasteiger partial charge in [0.15, 0.2) is 0 Å². The van der Waals surface area contributed by atoms with Crippen LogP contribution in [-0.4, -0.2) is 20.1 Å². The molecule has 0 aromatic carbocycles. The van der Waals surface area contributed by atoms with Gasteiger partial charge in [0.1, 0.15) is 0 Å². The summed E-state index contributed by atoms with van der Waals surface area (Å²) in [6.45, 7) is 4.28. The van der Waals surface area contributed by atoms with Crippen molar-refractivity contribution in [2.45, 2.75) is 20.3 Å². The predicted octanol–water partition coefficient (Wildman–Crippen LogP) is 0.462. The van der Waals surface area contributed by atoms with Crippen molar-refractivity contribution in [1.29, 1.82) is 0 Å². The van der Waals surface area contributed by atoms with Gasteiger partial charge in [-0.1, -0.05) is 0 Å². The minimum absolute atomic E-state index is 0.0105. The van der Waals surface area contributed by atoms with E-state index in [9.17, 15) is 4.79 Å². The van der Waals surface area contributed by atoms with Crippen LogP contribution in [0.4, 0.5) is 0 Å². The first-order valence-corrected chi connectivity index (χ1v) is 3.81. The van der Waals surface area contributed by atoms with E-state index in [4.69, 9.17) is 7.64 Å². The van der Waals surface area contributed by atoms with Gasteiger partial charge in [0.2, 0.25) is 0 Å². The van der Waals surface area contributed by atoms with E-state index in [0.29, 0.717) is 18.9 Å². The molecule has 0 heterocycles. The van der Waals surface area contributed by atoms with Crippen LogP contribution in [0.5, 0.6) is 0 Å². The van der Waals surface area contributed by atoms with Crippen LogP contribution in [0.1, 0.15) is 20.3 Å². The van der Waals surface area contributed by atoms with E-state index < -0.39 is 0 Å². The summed E-state index contributed by atoms with van der Waals surface area (Å²) in [6.07, 6.45) is 0.529. The Labute approximate surface area is 74.1 Å². The average Bonchev–Trinajstić information content (AvgIpc) is 1.97. The molecule has 0 aliphatic rings. The van der Waals surface area contributed by atoms with Crippen molar-refractivity contribution in [2.24, 2.45) is 10.8 Å². The van der Waals surface area contributed by atoms with Crippen LogP contribution in [0.25, 0.3) is 0 Å². The molecule has 1 amide bonds. The first-order valence-electron chi connectivity index (χ1n) is 3.81. The normalized spacial score (nSPS) is 8.50. The van der Waals surface area contributed by atoms with Gasteiger partial charge in [0.05, 0.1) is 0 Å². The Bertz CT molecular complexity index is 215. The zero-order valence-corrected chi connectivity index (χ0v) is 7.42. The van der Waals surface area contributed by atoms with Gasteiger partial charge < -0.3 is 0 Å². The molecule has 0 saturated carbocycles. The quantitative estimate of drug-likeness (QED) is 0.476. The standard InChI is InChI=1S/C8H12BN2O/c1-7(2)6-8(12)10-4-3-5-11-9/h7H,4,6H2,1-2H3,(H,10,12). The van der Waals surface area contributed by atoms with E-state index >= 15 is 0 Å². The second-order valence-corrected chi connectivity index (χ2v) is 2.79. The molecule has 0 spiro atoms. The molecule has 63 valence electrons. The van der Waals surface area contributed by atoms with Gasteiger partial charge in [0, 0.05) is 0 Å². The Morgan fingerprint density at radius 2 is 2.33 bits per heavy atom. The first-order chi connectivity index (χ1) is 5.66. The summed E-state index contributed by atoms with van der Waals surface area (Å²) in [5, 5.41) is 2.62. The van der Waals surface area contributed by atoms with E-state index in [1.54, 1.807) is 0 Å². The molecule has 1 radical (unpaired) electrons. The topological polar surface area (TPSA) is 41.5 Å². The Balaban J connectivity index is 3.50. The maximum absolute atomic E-state index is 11.0. The van der Waals surface area contributed by atoms with E-state index in [0.717, 1.165) is 0 Å². The van der Waals surface area contributed by atoms with E-state index in [1.165, 1.54) is 0 Å². The second-order valence-electron chi connectivity index (χ2n) is 2.79. The van der Waals surface area contributed by atoms with Crippen LogP contribution in [0, 0.1) is 17.9 Å². The van der Waals surface area contributed by atoms with E-state index in [1.807, 2.05) is 13.8 Å². The number of amides is 1. The fourth-order valence-electron chi connectivity index (χ4n) is 0.671. The van der Waals surface area contributed by atoms with Crippen molar-refractivity contribution in [3.05, 3.63) is 0 Å². The molecule has 3 nitrogen and oxygen atoms in total. The molecule has 0 aromatic rings. The van der Waals surface area contributed by atoms with Crippen molar-refractivity contribution < 1.29 is 4.79 Å². The molecule has 0 saturated heterocycles. The third-order valence-electron chi connectivity index (χ3n) is 1.11. The fraction of sp³-hybridized carbons (Fsp3) is 0.625. The number of carbonyl (C=O) groups excluding carboxylic acids is 1. The molecule has 0 rings (SSSR count). The fourth-order valence-corrected chi connectivity index (χ4v) is 0.671. The number of hydrogen-bond acceptors (Lipinski definition) is 2. The van der Waals surface area contributed by atoms with Crippen LogP contribution in [-0.2, 0) is 4.79 Å². The molecule has 0 atom stereocenters. The SMILES string of the molecule is [B]=NC#CCNC(=O)CC(C)C. The molecular weight excluding hydrogens is 151 g/mol. The summed E-state index contributed by atoms with van der Waals surface area (Å²) >= 11 is 0. The van der Waals surface area contributed by atoms with Crippen molar-refractivity contribution in [1.82, 2.24) is 5.32 Å². The number of rotatable bonds is 3. The first kappa shape index (κ1) is 10.9. The summed E-state index contributed by atoms with van der Waals surface area (Å²) in [4.78, 5) is 14.1. The van der Waals surface area contributed by atoms with Crippen molar-refractivity contribution >= 4 is 13.5 Å². The Morgan fingerprint density at radius 3 is 2.83 bits per heavy atom. The third-order valence-corrected chi connectivity index (χ3v) is 1.11. The van der Waals surface area contributed by atoms with Crippen LogP contribution in [0.2, 0.25) is 0 Å². The number of nitrogens with zero attached hydrogens (tertiary/aromatic N) is 1. The Morgan fingerprint density at radius 1 is 1.67 bits per heavy atom. The molecular formula is C8H12BN2O. The summed E-state index contributed by atoms with van der Waals surface area (Å²) < 4.78 is 0. The summed E-state index contributed by atoms with van der Waals surface area (Å²) in [6, 6.07) is 2.29. The molecule has 0 bridgehead atoms. The van der Waals surface area contributed by atoms with Gasteiger partial charge in [-0.05, 0) is 0 Å². The van der Waals surface area contributed by atoms with E-state index in [-0.39, 0.29) is 5.91 Å². The summed E-state index contributed by atoms with van der Waals surface area (Å²) in [7, 11) is 4.76. The van der Waals surface area contributed by atoms with Crippen LogP contribution < -0.4 is 5.32 Å². The molecule has 0 aromatic heterocycles. The monoisotopic (exact) mass is 163 g/mol. The van der Waals surface area contributed by atoms with Crippen LogP contribution in [0.15, 0.2) is 4.90 Å². The Hall–Kier alpha value is -1.11. The molecule has 0 aliphatic carbocycles. The number of carbonyl (C=O) groups is 1. The van der Waals surface area contributed by atoms with Gasteiger partial charge >= 0.3 is 73.2 Å². The van der Waals surface area contributed by atoms with Gasteiger partial charge in [-0.2, -0.15) is 0 Å². The summed E-state index contributed by atoms with van der Waals surface area (Å²) in [5.74, 6) is 2.95. The second kappa shape index (κ2) is 6.60. The molecule has 1 N–H and O–H groups in total. The molecule has 12 heavy (non-hydrogen) atoms. The van der Waals surface area contributed by atoms with Gasteiger partial charge in [-0.3, -0.25) is 0 Å². The molecule has 4 heteroatoms. The third kappa shape index (κ3) is 7.01. The molecule has 0 aliphatic heterocycles. The van der Waals surface area contributed by atoms with Gasteiger partial charge in [-0.25, -0.2) is 0 Å².